The van der Waals surface area contributed by atoms with E-state index in [0.717, 1.165) is 0 Å². The third kappa shape index (κ3) is 4.53. The van der Waals surface area contributed by atoms with Gasteiger partial charge in [0.25, 0.3) is 5.91 Å². The van der Waals surface area contributed by atoms with Crippen LogP contribution in [0.4, 0.5) is 5.69 Å². The molecule has 3 nitrogen and oxygen atoms in total. The van der Waals surface area contributed by atoms with Crippen LogP contribution in [0.3, 0.4) is 0 Å². The molecule has 2 aromatic rings. The first-order valence-corrected chi connectivity index (χ1v) is 7.27. The van der Waals surface area contributed by atoms with Gasteiger partial charge >= 0.3 is 0 Å². The molecule has 0 aliphatic rings. The molecule has 1 amide bonds. The maximum absolute atomic E-state index is 12.1. The van der Waals surface area contributed by atoms with E-state index in [1.807, 2.05) is 0 Å². The summed E-state index contributed by atoms with van der Waals surface area (Å²) in [4.78, 5) is 12.1. The Hall–Kier alpha value is -1.42. The van der Waals surface area contributed by atoms with E-state index in [4.69, 9.17) is 39.5 Å². The second-order valence-electron chi connectivity index (χ2n) is 4.33. The number of anilines is 1. The van der Waals surface area contributed by atoms with E-state index in [1.165, 1.54) is 0 Å². The van der Waals surface area contributed by atoms with Crippen molar-refractivity contribution < 1.29 is 9.53 Å². The molecule has 1 atom stereocenters. The van der Waals surface area contributed by atoms with Gasteiger partial charge in [-0.25, -0.2) is 0 Å². The lowest BCUT2D eigenvalue weighted by atomic mass is 10.3. The van der Waals surface area contributed by atoms with Crippen molar-refractivity contribution in [2.24, 2.45) is 0 Å². The highest BCUT2D eigenvalue weighted by Gasteiger charge is 2.16. The van der Waals surface area contributed by atoms with E-state index in [9.17, 15) is 4.79 Å². The number of carbonyl (C=O) groups excluding carboxylic acids is 1. The first kappa shape index (κ1) is 16.0. The Kier molecular flexibility index (Phi) is 5.34. The first-order chi connectivity index (χ1) is 9.95. The lowest BCUT2D eigenvalue weighted by molar-refractivity contribution is -0.122. The van der Waals surface area contributed by atoms with Gasteiger partial charge in [-0.2, -0.15) is 0 Å². The molecule has 21 heavy (non-hydrogen) atoms. The summed E-state index contributed by atoms with van der Waals surface area (Å²) < 4.78 is 5.53. The average molecular weight is 345 g/mol. The van der Waals surface area contributed by atoms with E-state index < -0.39 is 6.10 Å². The van der Waals surface area contributed by atoms with Gasteiger partial charge in [-0.15, -0.1) is 0 Å². The fourth-order valence-electron chi connectivity index (χ4n) is 1.60. The predicted molar refractivity (Wildman–Crippen MR) is 86.6 cm³/mol. The number of amides is 1. The Balaban J connectivity index is 2.00. The van der Waals surface area contributed by atoms with Gasteiger partial charge in [0.1, 0.15) is 5.75 Å². The molecular formula is C15H12Cl3NO2. The molecule has 0 saturated heterocycles. The normalized spacial score (nSPS) is 11.8. The lowest BCUT2D eigenvalue weighted by Crippen LogP contribution is -2.30. The molecule has 0 fully saturated rings. The number of halogens is 3. The lowest BCUT2D eigenvalue weighted by Gasteiger charge is -2.15. The van der Waals surface area contributed by atoms with Crippen LogP contribution in [0.15, 0.2) is 42.5 Å². The van der Waals surface area contributed by atoms with Crippen molar-refractivity contribution in [1.29, 1.82) is 0 Å². The smallest absolute Gasteiger partial charge is 0.265 e. The SMILES string of the molecule is C[C@@H](Oc1ccc(Cl)cc1)C(=O)Nc1ccc(Cl)cc1Cl. The van der Waals surface area contributed by atoms with Crippen molar-refractivity contribution in [2.45, 2.75) is 13.0 Å². The molecule has 0 aromatic heterocycles. The number of nitrogens with one attached hydrogen (secondary N) is 1. The maximum Gasteiger partial charge on any atom is 0.265 e. The Labute approximate surface area is 137 Å². The summed E-state index contributed by atoms with van der Waals surface area (Å²) in [6.07, 6.45) is -0.682. The topological polar surface area (TPSA) is 38.3 Å². The monoisotopic (exact) mass is 343 g/mol. The van der Waals surface area contributed by atoms with Crippen LogP contribution in [0, 0.1) is 0 Å². The summed E-state index contributed by atoms with van der Waals surface area (Å²) >= 11 is 17.6. The Morgan fingerprint density at radius 3 is 2.29 bits per heavy atom. The van der Waals surface area contributed by atoms with Crippen LogP contribution in [0.25, 0.3) is 0 Å². The summed E-state index contributed by atoms with van der Waals surface area (Å²) in [5.41, 5.74) is 0.484. The van der Waals surface area contributed by atoms with Crippen LogP contribution >= 0.6 is 34.8 Å². The number of rotatable bonds is 4. The van der Waals surface area contributed by atoms with Gasteiger partial charge in [-0.3, -0.25) is 4.79 Å². The van der Waals surface area contributed by atoms with Gasteiger partial charge < -0.3 is 10.1 Å². The molecule has 0 saturated carbocycles. The minimum atomic E-state index is -0.682. The molecular weight excluding hydrogens is 333 g/mol. The predicted octanol–water partition coefficient (Wildman–Crippen LogP) is 5.05. The van der Waals surface area contributed by atoms with E-state index in [2.05, 4.69) is 5.32 Å². The Morgan fingerprint density at radius 1 is 1.05 bits per heavy atom. The van der Waals surface area contributed by atoms with Gasteiger partial charge in [-0.1, -0.05) is 34.8 Å². The number of hydrogen-bond donors (Lipinski definition) is 1. The molecule has 0 bridgehead atoms. The number of carbonyl (C=O) groups is 1. The maximum atomic E-state index is 12.1. The molecule has 0 unspecified atom stereocenters. The van der Waals surface area contributed by atoms with E-state index in [0.29, 0.717) is 26.5 Å². The Bertz CT molecular complexity index is 644. The van der Waals surface area contributed by atoms with Crippen molar-refractivity contribution >= 4 is 46.4 Å². The van der Waals surface area contributed by atoms with Crippen LogP contribution in [-0.4, -0.2) is 12.0 Å². The van der Waals surface area contributed by atoms with Crippen LogP contribution in [0.2, 0.25) is 15.1 Å². The zero-order valence-electron chi connectivity index (χ0n) is 11.1. The quantitative estimate of drug-likeness (QED) is 0.842. The first-order valence-electron chi connectivity index (χ1n) is 6.14. The summed E-state index contributed by atoms with van der Waals surface area (Å²) in [6, 6.07) is 11.6. The molecule has 0 radical (unpaired) electrons. The molecule has 0 aliphatic carbocycles. The standard InChI is InChI=1S/C15H12Cl3NO2/c1-9(21-12-5-2-10(16)3-6-12)15(20)19-14-7-4-11(17)8-13(14)18/h2-9H,1H3,(H,19,20)/t9-/m1/s1. The van der Waals surface area contributed by atoms with Crippen molar-refractivity contribution in [3.63, 3.8) is 0 Å². The second-order valence-corrected chi connectivity index (χ2v) is 5.61. The summed E-state index contributed by atoms with van der Waals surface area (Å²) in [5, 5.41) is 4.17. The molecule has 1 N–H and O–H groups in total. The van der Waals surface area contributed by atoms with Crippen LogP contribution in [0.1, 0.15) is 6.92 Å². The third-order valence-electron chi connectivity index (χ3n) is 2.68. The Morgan fingerprint density at radius 2 is 1.67 bits per heavy atom. The molecule has 6 heteroatoms. The van der Waals surface area contributed by atoms with E-state index >= 15 is 0 Å². The van der Waals surface area contributed by atoms with Crippen molar-refractivity contribution in [1.82, 2.24) is 0 Å². The van der Waals surface area contributed by atoms with Crippen LogP contribution < -0.4 is 10.1 Å². The number of ether oxygens (including phenoxy) is 1. The summed E-state index contributed by atoms with van der Waals surface area (Å²) in [7, 11) is 0. The molecule has 2 rings (SSSR count). The molecule has 2 aromatic carbocycles. The van der Waals surface area contributed by atoms with Crippen molar-refractivity contribution in [3.8, 4) is 5.75 Å². The second kappa shape index (κ2) is 7.03. The fraction of sp³-hybridized carbons (Fsp3) is 0.133. The number of benzene rings is 2. The largest absolute Gasteiger partial charge is 0.481 e. The average Bonchev–Trinajstić information content (AvgIpc) is 2.44. The third-order valence-corrected chi connectivity index (χ3v) is 3.48. The van der Waals surface area contributed by atoms with Crippen LogP contribution in [-0.2, 0) is 4.79 Å². The zero-order valence-corrected chi connectivity index (χ0v) is 13.3. The minimum absolute atomic E-state index is 0.311. The van der Waals surface area contributed by atoms with Crippen LogP contribution in [0.5, 0.6) is 5.75 Å². The highest BCUT2D eigenvalue weighted by Crippen LogP contribution is 2.25. The highest BCUT2D eigenvalue weighted by atomic mass is 35.5. The highest BCUT2D eigenvalue weighted by molar-refractivity contribution is 6.36. The van der Waals surface area contributed by atoms with Gasteiger partial charge in [0.15, 0.2) is 6.10 Å². The summed E-state index contributed by atoms with van der Waals surface area (Å²) in [6.45, 7) is 1.65. The van der Waals surface area contributed by atoms with E-state index in [1.54, 1.807) is 49.4 Å². The van der Waals surface area contributed by atoms with Gasteiger partial charge in [0.2, 0.25) is 0 Å². The minimum Gasteiger partial charge on any atom is -0.481 e. The van der Waals surface area contributed by atoms with Crippen molar-refractivity contribution in [2.75, 3.05) is 5.32 Å². The molecule has 0 spiro atoms. The van der Waals surface area contributed by atoms with Crippen molar-refractivity contribution in [3.05, 3.63) is 57.5 Å². The van der Waals surface area contributed by atoms with E-state index in [-0.39, 0.29) is 5.91 Å². The van der Waals surface area contributed by atoms with Gasteiger partial charge in [0.05, 0.1) is 10.7 Å². The fourth-order valence-corrected chi connectivity index (χ4v) is 2.18. The van der Waals surface area contributed by atoms with Gasteiger partial charge in [0, 0.05) is 10.0 Å². The molecule has 0 aliphatic heterocycles. The molecule has 0 heterocycles. The number of hydrogen-bond acceptors (Lipinski definition) is 2. The summed E-state index contributed by atoms with van der Waals surface area (Å²) in [5.74, 6) is 0.249. The zero-order chi connectivity index (χ0) is 15.4. The molecule has 110 valence electrons. The van der Waals surface area contributed by atoms with Gasteiger partial charge in [-0.05, 0) is 49.4 Å².